The maximum absolute atomic E-state index is 13.6. The molecule has 5 aromatic rings. The smallest absolute Gasteiger partial charge is 0.255 e. The third-order valence-electron chi connectivity index (χ3n) is 6.92. The number of amides is 1. The Bertz CT molecular complexity index is 1720. The van der Waals surface area contributed by atoms with Gasteiger partial charge in [0.05, 0.1) is 18.5 Å². The molecule has 3 aromatic carbocycles. The second kappa shape index (κ2) is 9.16. The van der Waals surface area contributed by atoms with Crippen LogP contribution in [0.15, 0.2) is 71.2 Å². The van der Waals surface area contributed by atoms with Crippen LogP contribution in [0.2, 0.25) is 0 Å². The van der Waals surface area contributed by atoms with Crippen LogP contribution in [-0.4, -0.2) is 18.0 Å². The summed E-state index contributed by atoms with van der Waals surface area (Å²) >= 11 is 1.76. The standard InChI is InChI=1S/C30H24N4O3S/c1-36-24-11-10-18(30-33-22-7-3-4-8-25(22)37-30)14-23(24)32-29(35)19-12-20-16-31-34-28(20)21(13-19)27-15-17-6-2-5-9-26(17)38-27/h3-5,7-15,31,34H,2,6,16H2,1H3,(H,32,35). The number of rotatable bonds is 5. The van der Waals surface area contributed by atoms with E-state index in [9.17, 15) is 4.79 Å². The van der Waals surface area contributed by atoms with Crippen LogP contribution >= 0.6 is 11.3 Å². The Hall–Kier alpha value is -4.40. The molecule has 1 aliphatic heterocycles. The van der Waals surface area contributed by atoms with Crippen molar-refractivity contribution in [2.75, 3.05) is 17.9 Å². The van der Waals surface area contributed by atoms with E-state index < -0.39 is 0 Å². The molecule has 3 N–H and O–H groups in total. The zero-order chi connectivity index (χ0) is 25.6. The van der Waals surface area contributed by atoms with Crippen molar-refractivity contribution in [3.05, 3.63) is 88.3 Å². The van der Waals surface area contributed by atoms with Crippen LogP contribution in [0.25, 0.3) is 39.1 Å². The van der Waals surface area contributed by atoms with Crippen molar-refractivity contribution in [3.8, 4) is 27.6 Å². The van der Waals surface area contributed by atoms with Crippen molar-refractivity contribution >= 4 is 45.8 Å². The fraction of sp³-hybridized carbons (Fsp3) is 0.133. The van der Waals surface area contributed by atoms with E-state index in [4.69, 9.17) is 9.15 Å². The fourth-order valence-corrected chi connectivity index (χ4v) is 6.18. The summed E-state index contributed by atoms with van der Waals surface area (Å²) in [6.45, 7) is 0.644. The van der Waals surface area contributed by atoms with E-state index >= 15 is 0 Å². The van der Waals surface area contributed by atoms with E-state index in [2.05, 4.69) is 39.4 Å². The van der Waals surface area contributed by atoms with Crippen molar-refractivity contribution in [1.29, 1.82) is 0 Å². The molecule has 7 rings (SSSR count). The molecule has 8 heteroatoms. The minimum absolute atomic E-state index is 0.213. The van der Waals surface area contributed by atoms with E-state index in [1.807, 2.05) is 54.6 Å². The number of aromatic nitrogens is 1. The number of nitrogens with one attached hydrogen (secondary N) is 3. The average Bonchev–Trinajstić information content (AvgIpc) is 3.70. The quantitative estimate of drug-likeness (QED) is 0.234. The summed E-state index contributed by atoms with van der Waals surface area (Å²) < 4.78 is 11.5. The number of nitrogens with zero attached hydrogens (tertiary/aromatic N) is 1. The highest BCUT2D eigenvalue weighted by atomic mass is 32.1. The highest BCUT2D eigenvalue weighted by Crippen LogP contribution is 2.41. The number of aryl methyl sites for hydroxylation is 1. The first kappa shape index (κ1) is 22.8. The Morgan fingerprint density at radius 3 is 2.89 bits per heavy atom. The van der Waals surface area contributed by atoms with Gasteiger partial charge in [0.25, 0.3) is 5.91 Å². The van der Waals surface area contributed by atoms with E-state index in [0.717, 1.165) is 45.6 Å². The molecule has 1 amide bonds. The fourth-order valence-electron chi connectivity index (χ4n) is 5.01. The Morgan fingerprint density at radius 2 is 2.03 bits per heavy atom. The van der Waals surface area contributed by atoms with Gasteiger partial charge in [0.2, 0.25) is 5.89 Å². The summed E-state index contributed by atoms with van der Waals surface area (Å²) in [4.78, 5) is 20.6. The van der Waals surface area contributed by atoms with Gasteiger partial charge in [-0.15, -0.1) is 11.3 Å². The molecular formula is C30H24N4O3S. The zero-order valence-electron chi connectivity index (χ0n) is 20.6. The van der Waals surface area contributed by atoms with E-state index in [1.54, 1.807) is 18.4 Å². The minimum Gasteiger partial charge on any atom is -0.495 e. The molecule has 0 spiro atoms. The summed E-state index contributed by atoms with van der Waals surface area (Å²) in [5, 5.41) is 3.06. The lowest BCUT2D eigenvalue weighted by Gasteiger charge is -2.13. The second-order valence-corrected chi connectivity index (χ2v) is 10.4. The number of benzene rings is 3. The molecule has 3 heterocycles. The van der Waals surface area contributed by atoms with Crippen LogP contribution in [0, 0.1) is 0 Å². The van der Waals surface area contributed by atoms with Crippen LogP contribution in [0.3, 0.4) is 0 Å². The van der Waals surface area contributed by atoms with Gasteiger partial charge in [0.15, 0.2) is 5.58 Å². The van der Waals surface area contributed by atoms with Gasteiger partial charge in [-0.05, 0) is 78.6 Å². The molecule has 188 valence electrons. The molecule has 0 saturated carbocycles. The molecule has 38 heavy (non-hydrogen) atoms. The molecule has 0 fully saturated rings. The predicted molar refractivity (Wildman–Crippen MR) is 152 cm³/mol. The maximum atomic E-state index is 13.6. The maximum Gasteiger partial charge on any atom is 0.255 e. The lowest BCUT2D eigenvalue weighted by atomic mass is 9.99. The van der Waals surface area contributed by atoms with Crippen molar-refractivity contribution in [2.45, 2.75) is 19.4 Å². The largest absolute Gasteiger partial charge is 0.495 e. The van der Waals surface area contributed by atoms with Crippen molar-refractivity contribution < 1.29 is 13.9 Å². The number of allylic oxidation sites excluding steroid dienone is 1. The van der Waals surface area contributed by atoms with Crippen LogP contribution in [-0.2, 0) is 13.0 Å². The van der Waals surface area contributed by atoms with Gasteiger partial charge in [0, 0.05) is 33.0 Å². The molecule has 0 radical (unpaired) electrons. The molecule has 2 aromatic heterocycles. The molecule has 0 bridgehead atoms. The van der Waals surface area contributed by atoms with Crippen molar-refractivity contribution in [1.82, 2.24) is 10.4 Å². The van der Waals surface area contributed by atoms with Gasteiger partial charge in [0.1, 0.15) is 11.3 Å². The summed E-state index contributed by atoms with van der Waals surface area (Å²) in [6.07, 6.45) is 6.53. The average molecular weight is 521 g/mol. The summed E-state index contributed by atoms with van der Waals surface area (Å²) in [5.41, 5.74) is 14.3. The van der Waals surface area contributed by atoms with Crippen LogP contribution in [0.4, 0.5) is 11.4 Å². The number of anilines is 2. The number of para-hydroxylation sites is 2. The molecule has 0 saturated heterocycles. The van der Waals surface area contributed by atoms with Gasteiger partial charge in [-0.1, -0.05) is 18.2 Å². The van der Waals surface area contributed by atoms with Crippen molar-refractivity contribution in [3.63, 3.8) is 0 Å². The number of methoxy groups -OCH3 is 1. The molecular weight excluding hydrogens is 496 g/mol. The Labute approximate surface area is 223 Å². The zero-order valence-corrected chi connectivity index (χ0v) is 21.4. The number of thiophene rings is 1. The van der Waals surface area contributed by atoms with Crippen LogP contribution in [0.1, 0.15) is 32.8 Å². The number of hydrogen-bond donors (Lipinski definition) is 3. The van der Waals surface area contributed by atoms with Gasteiger partial charge in [-0.25, -0.2) is 10.4 Å². The number of hydrazine groups is 1. The summed E-state index contributed by atoms with van der Waals surface area (Å²) in [6, 6.07) is 19.3. The topological polar surface area (TPSA) is 88.4 Å². The van der Waals surface area contributed by atoms with Gasteiger partial charge >= 0.3 is 0 Å². The first-order valence-corrected chi connectivity index (χ1v) is 13.3. The second-order valence-electron chi connectivity index (χ2n) is 9.33. The molecule has 0 unspecified atom stereocenters. The predicted octanol–water partition coefficient (Wildman–Crippen LogP) is 6.87. The lowest BCUT2D eigenvalue weighted by molar-refractivity contribution is 0.102. The third-order valence-corrected chi connectivity index (χ3v) is 8.10. The number of ether oxygens (including phenoxy) is 1. The first-order chi connectivity index (χ1) is 18.7. The van der Waals surface area contributed by atoms with Gasteiger partial charge in [-0.2, -0.15) is 0 Å². The summed E-state index contributed by atoms with van der Waals surface area (Å²) in [7, 11) is 1.59. The Balaban J connectivity index is 1.24. The lowest BCUT2D eigenvalue weighted by Crippen LogP contribution is -2.13. The monoisotopic (exact) mass is 520 g/mol. The SMILES string of the molecule is COc1ccc(-c2nc3ccccc3o2)cc1NC(=O)c1cc2c(c(-c3cc4c(s3)C=CCC4)c1)NNC2. The number of fused-ring (bicyclic) bond motifs is 3. The molecule has 1 aliphatic carbocycles. The molecule has 7 nitrogen and oxygen atoms in total. The number of carbonyl (C=O) groups excluding carboxylic acids is 1. The van der Waals surface area contributed by atoms with Crippen LogP contribution < -0.4 is 20.9 Å². The highest BCUT2D eigenvalue weighted by Gasteiger charge is 2.22. The van der Waals surface area contributed by atoms with Gasteiger partial charge in [-0.3, -0.25) is 4.79 Å². The normalized spacial score (nSPS) is 13.7. The molecule has 2 aliphatic rings. The van der Waals surface area contributed by atoms with E-state index in [0.29, 0.717) is 35.0 Å². The third kappa shape index (κ3) is 3.95. The molecule has 0 atom stereocenters. The van der Waals surface area contributed by atoms with E-state index in [-0.39, 0.29) is 5.91 Å². The van der Waals surface area contributed by atoms with Crippen LogP contribution in [0.5, 0.6) is 5.75 Å². The Morgan fingerprint density at radius 1 is 1.11 bits per heavy atom. The number of carbonyl (C=O) groups is 1. The van der Waals surface area contributed by atoms with Gasteiger partial charge < -0.3 is 19.9 Å². The van der Waals surface area contributed by atoms with Crippen molar-refractivity contribution in [2.24, 2.45) is 0 Å². The Kier molecular flexibility index (Phi) is 5.49. The first-order valence-electron chi connectivity index (χ1n) is 12.5. The number of oxazole rings is 1. The number of hydrogen-bond acceptors (Lipinski definition) is 7. The van der Waals surface area contributed by atoms with E-state index in [1.165, 1.54) is 10.4 Å². The minimum atomic E-state index is -0.213. The summed E-state index contributed by atoms with van der Waals surface area (Å²) in [5.74, 6) is 0.827. The highest BCUT2D eigenvalue weighted by molar-refractivity contribution is 7.16.